The first kappa shape index (κ1) is 22.4. The highest BCUT2D eigenvalue weighted by atomic mass is 35.5. The van der Waals surface area contributed by atoms with E-state index in [-0.39, 0.29) is 24.0 Å². The van der Waals surface area contributed by atoms with Crippen molar-refractivity contribution in [1.29, 1.82) is 0 Å². The Kier molecular flexibility index (Phi) is 7.36. The second kappa shape index (κ2) is 10.2. The Labute approximate surface area is 185 Å². The lowest BCUT2D eigenvalue weighted by atomic mass is 10.2. The van der Waals surface area contributed by atoms with Crippen molar-refractivity contribution in [1.82, 2.24) is 15.1 Å². The largest absolute Gasteiger partial charge is 0.485 e. The van der Waals surface area contributed by atoms with Crippen LogP contribution in [0.5, 0.6) is 5.75 Å². The molecule has 8 nitrogen and oxygen atoms in total. The third-order valence-corrected chi connectivity index (χ3v) is 4.71. The van der Waals surface area contributed by atoms with Gasteiger partial charge in [0.15, 0.2) is 11.5 Å². The van der Waals surface area contributed by atoms with E-state index in [0.717, 1.165) is 12.0 Å². The molecule has 0 saturated carbocycles. The zero-order valence-corrected chi connectivity index (χ0v) is 18.5. The van der Waals surface area contributed by atoms with E-state index in [1.165, 1.54) is 0 Å². The number of halogens is 1. The molecule has 0 aliphatic carbocycles. The number of ether oxygens (including phenoxy) is 1. The summed E-state index contributed by atoms with van der Waals surface area (Å²) in [6.45, 7) is 7.00. The number of anilines is 1. The standard InChI is InChI=1S/C22H25ClN4O4/c1-4-10-24-22(29)20-17(12-27(5-2)26-20)25-21(28)19-9-7-16(31-19)13-30-18-8-6-15(23)11-14(18)3/h6-9,11-12H,4-5,10,13H2,1-3H3,(H,24,29)(H,25,28). The molecule has 3 aromatic rings. The van der Waals surface area contributed by atoms with Gasteiger partial charge in [0.2, 0.25) is 0 Å². The number of carbonyl (C=O) groups is 2. The molecule has 9 heteroatoms. The summed E-state index contributed by atoms with van der Waals surface area (Å²) in [5.41, 5.74) is 1.39. The Balaban J connectivity index is 1.67. The number of nitrogens with zero attached hydrogens (tertiary/aromatic N) is 2. The lowest BCUT2D eigenvalue weighted by Crippen LogP contribution is -2.26. The molecule has 31 heavy (non-hydrogen) atoms. The summed E-state index contributed by atoms with van der Waals surface area (Å²) in [7, 11) is 0. The first-order valence-corrected chi connectivity index (χ1v) is 10.4. The molecule has 164 valence electrons. The van der Waals surface area contributed by atoms with Crippen LogP contribution in [0, 0.1) is 6.92 Å². The van der Waals surface area contributed by atoms with Gasteiger partial charge in [0.1, 0.15) is 18.1 Å². The fraction of sp³-hybridized carbons (Fsp3) is 0.318. The quantitative estimate of drug-likeness (QED) is 0.508. The number of aryl methyl sites for hydroxylation is 2. The van der Waals surface area contributed by atoms with Crippen LogP contribution in [-0.2, 0) is 13.2 Å². The van der Waals surface area contributed by atoms with Crippen molar-refractivity contribution in [2.75, 3.05) is 11.9 Å². The number of aromatic nitrogens is 2. The summed E-state index contributed by atoms with van der Waals surface area (Å²) in [5.74, 6) is 0.465. The van der Waals surface area contributed by atoms with Crippen LogP contribution in [0.1, 0.15) is 52.6 Å². The normalized spacial score (nSPS) is 10.7. The average molecular weight is 445 g/mol. The van der Waals surface area contributed by atoms with Crippen molar-refractivity contribution < 1.29 is 18.7 Å². The van der Waals surface area contributed by atoms with Gasteiger partial charge in [-0.05, 0) is 56.2 Å². The van der Waals surface area contributed by atoms with E-state index < -0.39 is 5.91 Å². The number of hydrogen-bond acceptors (Lipinski definition) is 5. The van der Waals surface area contributed by atoms with E-state index >= 15 is 0 Å². The number of carbonyl (C=O) groups excluding carboxylic acids is 2. The predicted octanol–water partition coefficient (Wildman–Crippen LogP) is 4.43. The van der Waals surface area contributed by atoms with Gasteiger partial charge in [0.05, 0.1) is 5.69 Å². The number of furan rings is 1. The Hall–Kier alpha value is -3.26. The summed E-state index contributed by atoms with van der Waals surface area (Å²) < 4.78 is 12.9. The Morgan fingerprint density at radius 3 is 2.71 bits per heavy atom. The van der Waals surface area contributed by atoms with Crippen LogP contribution in [0.4, 0.5) is 5.69 Å². The third kappa shape index (κ3) is 5.67. The molecule has 1 aromatic carbocycles. The minimum atomic E-state index is -0.478. The summed E-state index contributed by atoms with van der Waals surface area (Å²) >= 11 is 5.96. The summed E-state index contributed by atoms with van der Waals surface area (Å²) in [6.07, 6.45) is 2.42. The number of benzene rings is 1. The molecule has 0 bridgehead atoms. The summed E-state index contributed by atoms with van der Waals surface area (Å²) in [4.78, 5) is 25.0. The maximum Gasteiger partial charge on any atom is 0.291 e. The van der Waals surface area contributed by atoms with Gasteiger partial charge in [-0.2, -0.15) is 5.10 Å². The van der Waals surface area contributed by atoms with E-state index in [2.05, 4.69) is 15.7 Å². The van der Waals surface area contributed by atoms with Crippen LogP contribution in [0.2, 0.25) is 5.02 Å². The average Bonchev–Trinajstić information content (AvgIpc) is 3.38. The highest BCUT2D eigenvalue weighted by Crippen LogP contribution is 2.23. The van der Waals surface area contributed by atoms with Gasteiger partial charge in [-0.3, -0.25) is 14.3 Å². The van der Waals surface area contributed by atoms with Crippen LogP contribution < -0.4 is 15.4 Å². The predicted molar refractivity (Wildman–Crippen MR) is 118 cm³/mol. The molecule has 2 aromatic heterocycles. The van der Waals surface area contributed by atoms with Crippen molar-refractivity contribution in [2.24, 2.45) is 0 Å². The van der Waals surface area contributed by atoms with Gasteiger partial charge in [-0.15, -0.1) is 0 Å². The number of amides is 2. The number of rotatable bonds is 9. The molecule has 2 heterocycles. The highest BCUT2D eigenvalue weighted by molar-refractivity contribution is 6.30. The molecular weight excluding hydrogens is 420 g/mol. The second-order valence-corrected chi connectivity index (χ2v) is 7.36. The number of hydrogen-bond donors (Lipinski definition) is 2. The maximum atomic E-state index is 12.7. The van der Waals surface area contributed by atoms with E-state index in [1.807, 2.05) is 26.8 Å². The summed E-state index contributed by atoms with van der Waals surface area (Å²) in [6, 6.07) is 8.57. The molecule has 2 amide bonds. The third-order valence-electron chi connectivity index (χ3n) is 4.48. The van der Waals surface area contributed by atoms with Gasteiger partial charge < -0.3 is 19.8 Å². The van der Waals surface area contributed by atoms with E-state index in [0.29, 0.717) is 35.3 Å². The molecule has 0 aliphatic heterocycles. The minimum absolute atomic E-state index is 0.107. The molecule has 0 unspecified atom stereocenters. The van der Waals surface area contributed by atoms with E-state index in [1.54, 1.807) is 35.1 Å². The second-order valence-electron chi connectivity index (χ2n) is 6.92. The van der Waals surface area contributed by atoms with Gasteiger partial charge in [-0.1, -0.05) is 18.5 Å². The molecule has 0 radical (unpaired) electrons. The fourth-order valence-electron chi connectivity index (χ4n) is 2.85. The van der Waals surface area contributed by atoms with Gasteiger partial charge >= 0.3 is 0 Å². The van der Waals surface area contributed by atoms with Gasteiger partial charge in [0.25, 0.3) is 11.8 Å². The molecule has 0 aliphatic rings. The lowest BCUT2D eigenvalue weighted by Gasteiger charge is -2.07. The highest BCUT2D eigenvalue weighted by Gasteiger charge is 2.20. The smallest absolute Gasteiger partial charge is 0.291 e. The van der Waals surface area contributed by atoms with Crippen molar-refractivity contribution >= 4 is 29.1 Å². The van der Waals surface area contributed by atoms with Crippen molar-refractivity contribution in [3.8, 4) is 5.75 Å². The van der Waals surface area contributed by atoms with Crippen molar-refractivity contribution in [3.05, 3.63) is 64.3 Å². The van der Waals surface area contributed by atoms with Crippen LogP contribution in [0.3, 0.4) is 0 Å². The van der Waals surface area contributed by atoms with E-state index in [4.69, 9.17) is 20.8 Å². The van der Waals surface area contributed by atoms with Crippen LogP contribution in [0.15, 0.2) is 40.9 Å². The van der Waals surface area contributed by atoms with Crippen LogP contribution >= 0.6 is 11.6 Å². The molecule has 3 rings (SSSR count). The van der Waals surface area contributed by atoms with Crippen LogP contribution in [0.25, 0.3) is 0 Å². The van der Waals surface area contributed by atoms with Crippen molar-refractivity contribution in [2.45, 2.75) is 40.3 Å². The first-order valence-electron chi connectivity index (χ1n) is 10.1. The lowest BCUT2D eigenvalue weighted by molar-refractivity contribution is 0.0948. The molecule has 0 fully saturated rings. The Bertz CT molecular complexity index is 1070. The van der Waals surface area contributed by atoms with Gasteiger partial charge in [0, 0.05) is 24.3 Å². The fourth-order valence-corrected chi connectivity index (χ4v) is 3.08. The Morgan fingerprint density at radius 1 is 1.19 bits per heavy atom. The molecular formula is C22H25ClN4O4. The Morgan fingerprint density at radius 2 is 2.00 bits per heavy atom. The van der Waals surface area contributed by atoms with Crippen LogP contribution in [-0.4, -0.2) is 28.1 Å². The maximum absolute atomic E-state index is 12.7. The topological polar surface area (TPSA) is 98.4 Å². The zero-order chi connectivity index (χ0) is 22.4. The zero-order valence-electron chi connectivity index (χ0n) is 17.7. The monoisotopic (exact) mass is 444 g/mol. The molecule has 0 saturated heterocycles. The molecule has 0 spiro atoms. The first-order chi connectivity index (χ1) is 14.9. The summed E-state index contributed by atoms with van der Waals surface area (Å²) in [5, 5.41) is 10.4. The minimum Gasteiger partial charge on any atom is -0.485 e. The SMILES string of the molecule is CCCNC(=O)c1nn(CC)cc1NC(=O)c1ccc(COc2ccc(Cl)cc2C)o1. The van der Waals surface area contributed by atoms with Gasteiger partial charge in [-0.25, -0.2) is 0 Å². The van der Waals surface area contributed by atoms with Crippen molar-refractivity contribution in [3.63, 3.8) is 0 Å². The molecule has 2 N–H and O–H groups in total. The molecule has 0 atom stereocenters. The number of nitrogens with one attached hydrogen (secondary N) is 2. The van der Waals surface area contributed by atoms with E-state index in [9.17, 15) is 9.59 Å².